The highest BCUT2D eigenvalue weighted by Gasteiger charge is 2.19. The lowest BCUT2D eigenvalue weighted by Gasteiger charge is -2.37. The van der Waals surface area contributed by atoms with Crippen molar-refractivity contribution in [2.45, 2.75) is 20.4 Å². The zero-order chi connectivity index (χ0) is 23.9. The number of anilines is 1. The molecule has 1 saturated heterocycles. The molecular weight excluding hydrogens is 428 g/mol. The third-order valence-electron chi connectivity index (χ3n) is 6.57. The summed E-state index contributed by atoms with van der Waals surface area (Å²) >= 11 is 0. The Labute approximate surface area is 202 Å². The van der Waals surface area contributed by atoms with Gasteiger partial charge >= 0.3 is 0 Å². The maximum absolute atomic E-state index is 5.68. The van der Waals surface area contributed by atoms with Crippen molar-refractivity contribution in [1.29, 1.82) is 0 Å². The lowest BCUT2D eigenvalue weighted by molar-refractivity contribution is 0.185. The first-order valence-corrected chi connectivity index (χ1v) is 12.0. The van der Waals surface area contributed by atoms with Crippen molar-refractivity contribution in [2.24, 2.45) is 0 Å². The summed E-state index contributed by atoms with van der Waals surface area (Å²) in [6.07, 6.45) is 0. The van der Waals surface area contributed by atoms with Gasteiger partial charge in [0.05, 0.1) is 20.8 Å². The number of aryl methyl sites for hydroxylation is 1. The predicted octanol–water partition coefficient (Wildman–Crippen LogP) is 4.31. The van der Waals surface area contributed by atoms with Crippen molar-refractivity contribution in [1.82, 2.24) is 15.0 Å². The molecule has 0 spiro atoms. The number of para-hydroxylation sites is 1. The maximum Gasteiger partial charge on any atom is 0.170 e. The quantitative estimate of drug-likeness (QED) is 0.443. The van der Waals surface area contributed by atoms with E-state index in [2.05, 4.69) is 58.0 Å². The van der Waals surface area contributed by atoms with Gasteiger partial charge < -0.3 is 18.9 Å². The number of aromatic nitrogens is 1. The zero-order valence-corrected chi connectivity index (χ0v) is 20.8. The normalized spacial score (nSPS) is 14.6. The third kappa shape index (κ3) is 5.72. The highest BCUT2D eigenvalue weighted by atomic mass is 16.5. The van der Waals surface area contributed by atoms with Crippen molar-refractivity contribution in [3.05, 3.63) is 59.9 Å². The van der Waals surface area contributed by atoms with Gasteiger partial charge in [-0.15, -0.1) is 0 Å². The van der Waals surface area contributed by atoms with Gasteiger partial charge in [-0.1, -0.05) is 35.8 Å². The minimum atomic E-state index is 0.668. The van der Waals surface area contributed by atoms with Crippen LogP contribution < -0.4 is 14.4 Å². The Hall–Kier alpha value is -3.03. The highest BCUT2D eigenvalue weighted by Crippen LogP contribution is 2.37. The monoisotopic (exact) mass is 464 g/mol. The van der Waals surface area contributed by atoms with Crippen molar-refractivity contribution in [3.8, 4) is 22.8 Å². The number of methoxy groups -OCH3 is 2. The van der Waals surface area contributed by atoms with Crippen LogP contribution in [0.5, 0.6) is 11.5 Å². The number of piperazine rings is 1. The molecule has 7 nitrogen and oxygen atoms in total. The summed E-state index contributed by atoms with van der Waals surface area (Å²) in [6, 6.07) is 16.6. The Morgan fingerprint density at radius 1 is 1.00 bits per heavy atom. The summed E-state index contributed by atoms with van der Waals surface area (Å²) in [4.78, 5) is 7.44. The molecule has 0 radical (unpaired) electrons. The molecule has 1 aromatic heterocycles. The van der Waals surface area contributed by atoms with E-state index in [1.807, 2.05) is 24.3 Å². The molecule has 0 atom stereocenters. The van der Waals surface area contributed by atoms with Crippen LogP contribution in [-0.4, -0.2) is 75.0 Å². The molecule has 2 heterocycles. The van der Waals surface area contributed by atoms with Crippen LogP contribution in [0.15, 0.2) is 53.1 Å². The van der Waals surface area contributed by atoms with Gasteiger partial charge in [-0.3, -0.25) is 9.80 Å². The molecule has 7 heteroatoms. The molecule has 0 amide bonds. The van der Waals surface area contributed by atoms with E-state index in [1.54, 1.807) is 14.2 Å². The van der Waals surface area contributed by atoms with Gasteiger partial charge in [-0.05, 0) is 37.7 Å². The summed E-state index contributed by atoms with van der Waals surface area (Å²) in [5.74, 6) is 2.20. The second-order valence-corrected chi connectivity index (χ2v) is 8.75. The van der Waals surface area contributed by atoms with Crippen LogP contribution in [0.3, 0.4) is 0 Å². The van der Waals surface area contributed by atoms with E-state index < -0.39 is 0 Å². The molecule has 1 aliphatic heterocycles. The van der Waals surface area contributed by atoms with Gasteiger partial charge in [0.25, 0.3) is 0 Å². The second-order valence-electron chi connectivity index (χ2n) is 8.75. The van der Waals surface area contributed by atoms with Gasteiger partial charge in [0.1, 0.15) is 5.69 Å². The van der Waals surface area contributed by atoms with Gasteiger partial charge in [-0.2, -0.15) is 0 Å². The van der Waals surface area contributed by atoms with Crippen LogP contribution in [0.25, 0.3) is 11.3 Å². The predicted molar refractivity (Wildman–Crippen MR) is 136 cm³/mol. The lowest BCUT2D eigenvalue weighted by Crippen LogP contribution is -2.48. The van der Waals surface area contributed by atoms with E-state index >= 15 is 0 Å². The molecule has 0 unspecified atom stereocenters. The minimum Gasteiger partial charge on any atom is -0.493 e. The summed E-state index contributed by atoms with van der Waals surface area (Å²) < 4.78 is 16.6. The number of hydrogen-bond donors (Lipinski definition) is 0. The van der Waals surface area contributed by atoms with Gasteiger partial charge in [-0.25, -0.2) is 0 Å². The first-order chi connectivity index (χ1) is 16.6. The van der Waals surface area contributed by atoms with E-state index in [4.69, 9.17) is 14.0 Å². The Balaban J connectivity index is 1.29. The molecule has 1 fully saturated rings. The largest absolute Gasteiger partial charge is 0.493 e. The Morgan fingerprint density at radius 3 is 2.44 bits per heavy atom. The molecule has 0 bridgehead atoms. The lowest BCUT2D eigenvalue weighted by atomic mass is 10.1. The SMILES string of the molecule is CCN(CCN1CCN(c2ccc(C)cc2)CC1)Cc1cc(-c2cccc(OC)c2OC)no1. The fourth-order valence-electron chi connectivity index (χ4n) is 4.44. The summed E-state index contributed by atoms with van der Waals surface area (Å²) in [5.41, 5.74) is 4.26. The van der Waals surface area contributed by atoms with Crippen LogP contribution in [0, 0.1) is 6.92 Å². The summed E-state index contributed by atoms with van der Waals surface area (Å²) in [7, 11) is 3.28. The van der Waals surface area contributed by atoms with Gasteiger partial charge in [0, 0.05) is 56.6 Å². The molecule has 3 aromatic rings. The van der Waals surface area contributed by atoms with Crippen LogP contribution in [0.2, 0.25) is 0 Å². The van der Waals surface area contributed by atoms with E-state index in [-0.39, 0.29) is 0 Å². The molecule has 0 saturated carbocycles. The summed E-state index contributed by atoms with van der Waals surface area (Å²) in [6.45, 7) is 12.4. The fraction of sp³-hybridized carbons (Fsp3) is 0.444. The number of nitrogens with zero attached hydrogens (tertiary/aromatic N) is 4. The van der Waals surface area contributed by atoms with Gasteiger partial charge in [0.2, 0.25) is 0 Å². The molecular formula is C27H36N4O3. The van der Waals surface area contributed by atoms with Crippen LogP contribution in [0.1, 0.15) is 18.2 Å². The Kier molecular flexibility index (Phi) is 8.08. The molecule has 0 N–H and O–H groups in total. The van der Waals surface area contributed by atoms with E-state index in [9.17, 15) is 0 Å². The Bertz CT molecular complexity index is 1040. The standard InChI is InChI=1S/C27H36N4O3/c1-5-29(13-14-30-15-17-31(18-16-30)22-11-9-21(2)10-12-22)20-23-19-25(28-34-23)24-7-6-8-26(32-3)27(24)33-4/h6-12,19H,5,13-18,20H2,1-4H3. The van der Waals surface area contributed by atoms with Crippen molar-refractivity contribution in [2.75, 3.05) is 64.9 Å². The smallest absolute Gasteiger partial charge is 0.170 e. The molecule has 1 aliphatic rings. The van der Waals surface area contributed by atoms with Crippen LogP contribution >= 0.6 is 0 Å². The number of rotatable bonds is 10. The van der Waals surface area contributed by atoms with Crippen LogP contribution in [-0.2, 0) is 6.54 Å². The molecule has 0 aliphatic carbocycles. The first-order valence-electron chi connectivity index (χ1n) is 12.0. The van der Waals surface area contributed by atoms with E-state index in [0.717, 1.165) is 69.4 Å². The molecule has 2 aromatic carbocycles. The molecule has 182 valence electrons. The number of hydrogen-bond acceptors (Lipinski definition) is 7. The van der Waals surface area contributed by atoms with E-state index in [0.29, 0.717) is 11.5 Å². The number of benzene rings is 2. The average molecular weight is 465 g/mol. The average Bonchev–Trinajstić information content (AvgIpc) is 3.35. The number of ether oxygens (including phenoxy) is 2. The van der Waals surface area contributed by atoms with Crippen molar-refractivity contribution < 1.29 is 14.0 Å². The number of likely N-dealkylation sites (N-methyl/N-ethyl adjacent to an activating group) is 1. The summed E-state index contributed by atoms with van der Waals surface area (Å²) in [5, 5.41) is 4.30. The topological polar surface area (TPSA) is 54.2 Å². The molecule has 34 heavy (non-hydrogen) atoms. The first kappa shape index (κ1) is 24.1. The Morgan fingerprint density at radius 2 is 1.76 bits per heavy atom. The van der Waals surface area contributed by atoms with Crippen LogP contribution in [0.4, 0.5) is 5.69 Å². The second kappa shape index (κ2) is 11.4. The zero-order valence-electron chi connectivity index (χ0n) is 20.8. The minimum absolute atomic E-state index is 0.668. The van der Waals surface area contributed by atoms with Crippen molar-refractivity contribution >= 4 is 5.69 Å². The fourth-order valence-corrected chi connectivity index (χ4v) is 4.44. The van der Waals surface area contributed by atoms with E-state index in [1.165, 1.54) is 11.3 Å². The van der Waals surface area contributed by atoms with Gasteiger partial charge in [0.15, 0.2) is 17.3 Å². The highest BCUT2D eigenvalue weighted by molar-refractivity contribution is 5.71. The van der Waals surface area contributed by atoms with Crippen molar-refractivity contribution in [3.63, 3.8) is 0 Å². The maximum atomic E-state index is 5.68. The third-order valence-corrected chi connectivity index (χ3v) is 6.57. The molecule has 4 rings (SSSR count).